The van der Waals surface area contributed by atoms with Gasteiger partial charge in [-0.1, -0.05) is 0 Å². The molecule has 1 N–H and O–H groups in total. The lowest BCUT2D eigenvalue weighted by Crippen LogP contribution is -3.00. The van der Waals surface area contributed by atoms with Crippen molar-refractivity contribution in [2.45, 2.75) is 6.10 Å². The Hall–Kier alpha value is 0.170. The largest absolute Gasteiger partial charge is 1.00 e. The van der Waals surface area contributed by atoms with E-state index in [1.54, 1.807) is 0 Å². The van der Waals surface area contributed by atoms with Gasteiger partial charge in [0.25, 0.3) is 0 Å². The second-order valence-corrected chi connectivity index (χ2v) is 3.86. The molecule has 1 atom stereocenters. The molecule has 5 heteroatoms. The quantitative estimate of drug-likeness (QED) is 0.398. The maximum atomic E-state index is 10.8. The number of carbonyl (C=O) groups excluding carboxylic acids is 1. The number of alkyl halides is 1. The number of aliphatic hydroxyl groups is 1. The van der Waals surface area contributed by atoms with Crippen molar-refractivity contribution in [3.05, 3.63) is 0 Å². The summed E-state index contributed by atoms with van der Waals surface area (Å²) >= 11 is 5.26. The molecule has 0 saturated carbocycles. The first-order valence-electron chi connectivity index (χ1n) is 3.44. The van der Waals surface area contributed by atoms with Crippen molar-refractivity contribution in [3.8, 4) is 0 Å². The highest BCUT2D eigenvalue weighted by Crippen LogP contribution is 1.97. The lowest BCUT2D eigenvalue weighted by atomic mass is 10.2. The van der Waals surface area contributed by atoms with E-state index >= 15 is 0 Å². The monoisotopic (exact) mass is 215 g/mol. The molecule has 0 rings (SSSR count). The van der Waals surface area contributed by atoms with E-state index < -0.39 is 6.10 Å². The van der Waals surface area contributed by atoms with Crippen molar-refractivity contribution in [1.29, 1.82) is 0 Å². The Morgan fingerprint density at radius 1 is 1.50 bits per heavy atom. The highest BCUT2D eigenvalue weighted by Gasteiger charge is 2.21. The van der Waals surface area contributed by atoms with Crippen LogP contribution in [-0.2, 0) is 4.79 Å². The minimum atomic E-state index is -0.924. The Kier molecular flexibility index (Phi) is 7.04. The number of Topliss-reactive ketones (excluding diaryl/α,β-unsaturated/α-hetero) is 1. The van der Waals surface area contributed by atoms with E-state index in [4.69, 9.17) is 11.6 Å². The zero-order valence-electron chi connectivity index (χ0n) is 7.55. The summed E-state index contributed by atoms with van der Waals surface area (Å²) in [6, 6.07) is 0. The van der Waals surface area contributed by atoms with Gasteiger partial charge in [-0.15, -0.1) is 11.6 Å². The second-order valence-electron chi connectivity index (χ2n) is 3.59. The number of carbonyl (C=O) groups is 1. The summed E-state index contributed by atoms with van der Waals surface area (Å²) < 4.78 is 0.559. The van der Waals surface area contributed by atoms with Crippen molar-refractivity contribution in [2.75, 3.05) is 33.6 Å². The number of halogens is 2. The molecular formula is C7H15Cl2NO2. The number of likely N-dealkylation sites (N-methyl/N-ethyl adjacent to an activating group) is 1. The molecule has 0 aliphatic heterocycles. The van der Waals surface area contributed by atoms with Gasteiger partial charge in [-0.25, -0.2) is 0 Å². The molecule has 0 spiro atoms. The molecule has 0 radical (unpaired) electrons. The van der Waals surface area contributed by atoms with Crippen molar-refractivity contribution in [2.24, 2.45) is 0 Å². The molecule has 74 valence electrons. The predicted molar refractivity (Wildman–Crippen MR) is 44.6 cm³/mol. The highest BCUT2D eigenvalue weighted by atomic mass is 35.5. The summed E-state index contributed by atoms with van der Waals surface area (Å²) in [5.41, 5.74) is 0. The van der Waals surface area contributed by atoms with E-state index in [2.05, 4.69) is 0 Å². The molecule has 0 aliphatic carbocycles. The minimum Gasteiger partial charge on any atom is -1.00 e. The summed E-state index contributed by atoms with van der Waals surface area (Å²) in [6.07, 6.45) is -0.924. The van der Waals surface area contributed by atoms with Gasteiger partial charge in [0.2, 0.25) is 0 Å². The first-order valence-corrected chi connectivity index (χ1v) is 3.97. The zero-order valence-corrected chi connectivity index (χ0v) is 9.06. The summed E-state index contributed by atoms with van der Waals surface area (Å²) in [6.45, 7) is 0.408. The summed E-state index contributed by atoms with van der Waals surface area (Å²) in [5, 5.41) is 9.20. The lowest BCUT2D eigenvalue weighted by Gasteiger charge is -2.25. The second kappa shape index (κ2) is 5.75. The summed E-state index contributed by atoms with van der Waals surface area (Å²) in [4.78, 5) is 10.8. The minimum absolute atomic E-state index is 0. The molecule has 0 aromatic rings. The molecule has 0 bridgehead atoms. The Bertz CT molecular complexity index is 145. The van der Waals surface area contributed by atoms with Gasteiger partial charge >= 0.3 is 0 Å². The van der Waals surface area contributed by atoms with Crippen molar-refractivity contribution < 1.29 is 26.8 Å². The third-order valence-corrected chi connectivity index (χ3v) is 1.49. The maximum absolute atomic E-state index is 10.8. The fraction of sp³-hybridized carbons (Fsp3) is 0.857. The molecule has 0 heterocycles. The van der Waals surface area contributed by atoms with Crippen LogP contribution >= 0.6 is 11.6 Å². The van der Waals surface area contributed by atoms with Crippen LogP contribution in [0.3, 0.4) is 0 Å². The number of hydrogen-bond acceptors (Lipinski definition) is 2. The molecule has 0 saturated heterocycles. The number of hydrogen-bond donors (Lipinski definition) is 1. The van der Waals surface area contributed by atoms with Crippen molar-refractivity contribution >= 4 is 17.4 Å². The van der Waals surface area contributed by atoms with Gasteiger partial charge in [0, 0.05) is 0 Å². The molecule has 1 unspecified atom stereocenters. The molecule has 0 aromatic carbocycles. The molecule has 3 nitrogen and oxygen atoms in total. The highest BCUT2D eigenvalue weighted by molar-refractivity contribution is 6.28. The SMILES string of the molecule is C[N+](C)(C)CC(O)C(=O)CCl.[Cl-]. The topological polar surface area (TPSA) is 37.3 Å². The fourth-order valence-corrected chi connectivity index (χ4v) is 0.888. The van der Waals surface area contributed by atoms with Crippen molar-refractivity contribution in [1.82, 2.24) is 0 Å². The third kappa shape index (κ3) is 6.85. The predicted octanol–water partition coefficient (Wildman–Crippen LogP) is -3.13. The van der Waals surface area contributed by atoms with Gasteiger partial charge in [-0.05, 0) is 0 Å². The van der Waals surface area contributed by atoms with E-state index in [0.717, 1.165) is 0 Å². The smallest absolute Gasteiger partial charge is 0.181 e. The first-order chi connectivity index (χ1) is 4.87. The Morgan fingerprint density at radius 3 is 2.17 bits per heavy atom. The van der Waals surface area contributed by atoms with Gasteiger partial charge in [-0.3, -0.25) is 4.79 Å². The molecule has 0 fully saturated rings. The number of nitrogens with zero attached hydrogens (tertiary/aromatic N) is 1. The first kappa shape index (κ1) is 14.7. The van der Waals surface area contributed by atoms with Crippen LogP contribution in [0.2, 0.25) is 0 Å². The lowest BCUT2D eigenvalue weighted by molar-refractivity contribution is -0.872. The number of aliphatic hydroxyl groups excluding tert-OH is 1. The van der Waals surface area contributed by atoms with Gasteiger partial charge in [0.15, 0.2) is 11.9 Å². The van der Waals surface area contributed by atoms with E-state index in [9.17, 15) is 9.90 Å². The molecular weight excluding hydrogens is 201 g/mol. The van der Waals surface area contributed by atoms with Crippen LogP contribution in [0.25, 0.3) is 0 Å². The standard InChI is InChI=1S/C7H15ClNO2.ClH/c1-9(2,3)5-7(11)6(10)4-8;/h7,11H,4-5H2,1-3H3;1H/q+1;/p-1. The number of ketones is 1. The molecule has 12 heavy (non-hydrogen) atoms. The fourth-order valence-electron chi connectivity index (χ4n) is 0.710. The van der Waals surface area contributed by atoms with Crippen LogP contribution in [0.1, 0.15) is 0 Å². The van der Waals surface area contributed by atoms with Crippen LogP contribution < -0.4 is 12.4 Å². The van der Waals surface area contributed by atoms with Gasteiger partial charge in [0.05, 0.1) is 27.0 Å². The van der Waals surface area contributed by atoms with Gasteiger partial charge in [0.1, 0.15) is 6.54 Å². The molecule has 0 aromatic heterocycles. The van der Waals surface area contributed by atoms with E-state index in [-0.39, 0.29) is 24.1 Å². The average molecular weight is 216 g/mol. The van der Waals surface area contributed by atoms with E-state index in [1.807, 2.05) is 21.1 Å². The Labute approximate surface area is 84.3 Å². The third-order valence-electron chi connectivity index (χ3n) is 1.22. The van der Waals surface area contributed by atoms with Crippen LogP contribution in [0.4, 0.5) is 0 Å². The average Bonchev–Trinajstić information content (AvgIpc) is 1.82. The van der Waals surface area contributed by atoms with Crippen LogP contribution in [-0.4, -0.2) is 55.0 Å². The van der Waals surface area contributed by atoms with E-state index in [0.29, 0.717) is 11.0 Å². The summed E-state index contributed by atoms with van der Waals surface area (Å²) in [7, 11) is 5.72. The molecule has 0 aliphatic rings. The van der Waals surface area contributed by atoms with Crippen LogP contribution in [0.15, 0.2) is 0 Å². The molecule has 0 amide bonds. The summed E-state index contributed by atoms with van der Waals surface area (Å²) in [5.74, 6) is -0.416. The zero-order chi connectivity index (χ0) is 9.07. The van der Waals surface area contributed by atoms with Gasteiger partial charge in [-0.2, -0.15) is 0 Å². The Balaban J connectivity index is 0. The van der Waals surface area contributed by atoms with Gasteiger partial charge < -0.3 is 22.0 Å². The van der Waals surface area contributed by atoms with Crippen molar-refractivity contribution in [3.63, 3.8) is 0 Å². The normalized spacial score (nSPS) is 13.4. The Morgan fingerprint density at radius 2 is 1.92 bits per heavy atom. The van der Waals surface area contributed by atoms with Crippen LogP contribution in [0.5, 0.6) is 0 Å². The number of rotatable bonds is 4. The maximum Gasteiger partial charge on any atom is 0.181 e. The van der Waals surface area contributed by atoms with Crippen LogP contribution in [0, 0.1) is 0 Å². The number of quaternary nitrogens is 1. The van der Waals surface area contributed by atoms with E-state index in [1.165, 1.54) is 0 Å².